The van der Waals surface area contributed by atoms with Crippen LogP contribution in [0.1, 0.15) is 59.1 Å². The maximum absolute atomic E-state index is 6.95. The third-order valence-electron chi connectivity index (χ3n) is 7.84. The molecule has 0 bridgehead atoms. The van der Waals surface area contributed by atoms with E-state index >= 15 is 0 Å². The van der Waals surface area contributed by atoms with Crippen molar-refractivity contribution < 1.29 is 9.16 Å². The molecule has 2 aliphatic rings. The van der Waals surface area contributed by atoms with Crippen LogP contribution in [0.25, 0.3) is 0 Å². The molecule has 0 saturated heterocycles. The van der Waals surface area contributed by atoms with E-state index in [1.807, 2.05) is 18.2 Å². The summed E-state index contributed by atoms with van der Waals surface area (Å²) < 4.78 is 12.6. The van der Waals surface area contributed by atoms with E-state index in [4.69, 9.17) is 20.8 Å². The molecule has 0 aliphatic heterocycles. The van der Waals surface area contributed by atoms with Crippen LogP contribution in [0.3, 0.4) is 0 Å². The van der Waals surface area contributed by atoms with Crippen molar-refractivity contribution in [1.29, 1.82) is 0 Å². The highest BCUT2D eigenvalue weighted by Gasteiger charge is 2.61. The minimum Gasteiger partial charge on any atom is -0.496 e. The molecule has 4 atom stereocenters. The van der Waals surface area contributed by atoms with E-state index in [0.717, 1.165) is 52.8 Å². The molecule has 5 heteroatoms. The number of ether oxygens (including phenoxy) is 1. The van der Waals surface area contributed by atoms with Crippen LogP contribution in [-0.4, -0.2) is 28.0 Å². The molecule has 28 heavy (non-hydrogen) atoms. The molecule has 3 nitrogen and oxygen atoms in total. The molecule has 1 N–H and O–H groups in total. The third-order valence-corrected chi connectivity index (χ3v) is 12.8. The number of hydrogen-bond donors (Lipinski definition) is 1. The van der Waals surface area contributed by atoms with Crippen LogP contribution in [0.2, 0.25) is 23.2 Å². The first-order chi connectivity index (χ1) is 13.3. The van der Waals surface area contributed by atoms with Gasteiger partial charge >= 0.3 is 0 Å². The van der Waals surface area contributed by atoms with Crippen molar-refractivity contribution in [2.45, 2.75) is 77.7 Å². The fourth-order valence-electron chi connectivity index (χ4n) is 5.46. The van der Waals surface area contributed by atoms with Crippen molar-refractivity contribution in [3.05, 3.63) is 28.8 Å². The number of halogens is 1. The quantitative estimate of drug-likeness (QED) is 0.439. The van der Waals surface area contributed by atoms with E-state index in [2.05, 4.69) is 39.9 Å². The zero-order chi connectivity index (χ0) is 20.5. The highest BCUT2D eigenvalue weighted by Crippen LogP contribution is 2.66. The van der Waals surface area contributed by atoms with E-state index in [1.165, 1.54) is 12.8 Å². The first-order valence-electron chi connectivity index (χ1n) is 11.1. The molecule has 158 valence electrons. The average molecular weight is 424 g/mol. The highest BCUT2D eigenvalue weighted by molar-refractivity contribution is 6.73. The summed E-state index contributed by atoms with van der Waals surface area (Å²) in [5.74, 6) is 2.63. The summed E-state index contributed by atoms with van der Waals surface area (Å²) in [5.41, 5.74) is 1.57. The van der Waals surface area contributed by atoms with E-state index in [9.17, 15) is 0 Å². The molecule has 2 saturated carbocycles. The second kappa shape index (κ2) is 8.67. The summed E-state index contributed by atoms with van der Waals surface area (Å²) in [5, 5.41) is 4.58. The predicted molar refractivity (Wildman–Crippen MR) is 121 cm³/mol. The molecule has 3 rings (SSSR count). The van der Waals surface area contributed by atoms with Gasteiger partial charge in [0.25, 0.3) is 0 Å². The Morgan fingerprint density at radius 2 is 1.75 bits per heavy atom. The normalized spacial score (nSPS) is 26.8. The Morgan fingerprint density at radius 3 is 2.29 bits per heavy atom. The standard InChI is InChI=1S/C23H38ClNO2Si/c1-7-28(8-2,9-3)27-21(22-19(24)11-10-12-20(22)26-6)15-25-16-13-17-18(14-16)23(17,4)5/h10-12,16-18,21,25H,7-9,13-15H2,1-6H3/t16?,17-,18+,21?. The minimum absolute atomic E-state index is 0.0555. The van der Waals surface area contributed by atoms with Crippen LogP contribution in [0.4, 0.5) is 0 Å². The summed E-state index contributed by atoms with van der Waals surface area (Å²) in [7, 11) is -0.0620. The molecule has 1 aromatic rings. The molecule has 0 aromatic heterocycles. The molecule has 0 heterocycles. The van der Waals surface area contributed by atoms with Gasteiger partial charge in [-0.1, -0.05) is 52.3 Å². The number of fused-ring (bicyclic) bond motifs is 1. The highest BCUT2D eigenvalue weighted by atomic mass is 35.5. The second-order valence-corrected chi connectivity index (χ2v) is 14.4. The Morgan fingerprint density at radius 1 is 1.14 bits per heavy atom. The van der Waals surface area contributed by atoms with Crippen molar-refractivity contribution in [3.63, 3.8) is 0 Å². The number of nitrogens with one attached hydrogen (secondary N) is 1. The molecule has 0 spiro atoms. The molecule has 0 radical (unpaired) electrons. The summed E-state index contributed by atoms with van der Waals surface area (Å²) in [4.78, 5) is 0. The van der Waals surface area contributed by atoms with Gasteiger partial charge in [-0.3, -0.25) is 0 Å². The fourth-order valence-corrected chi connectivity index (χ4v) is 8.55. The van der Waals surface area contributed by atoms with E-state index in [1.54, 1.807) is 7.11 Å². The van der Waals surface area contributed by atoms with Gasteiger partial charge in [0.05, 0.1) is 18.2 Å². The Balaban J connectivity index is 1.77. The Bertz CT molecular complexity index is 654. The largest absolute Gasteiger partial charge is 0.496 e. The smallest absolute Gasteiger partial charge is 0.192 e. The summed E-state index contributed by atoms with van der Waals surface area (Å²) >= 11 is 6.65. The zero-order valence-corrected chi connectivity index (χ0v) is 20.2. The number of benzene rings is 1. The molecule has 2 unspecified atom stereocenters. The lowest BCUT2D eigenvalue weighted by Crippen LogP contribution is -2.41. The van der Waals surface area contributed by atoms with Crippen LogP contribution in [0.15, 0.2) is 18.2 Å². The van der Waals surface area contributed by atoms with Gasteiger partial charge in [0.2, 0.25) is 0 Å². The molecular weight excluding hydrogens is 386 g/mol. The zero-order valence-electron chi connectivity index (χ0n) is 18.5. The number of rotatable bonds is 10. The lowest BCUT2D eigenvalue weighted by atomic mass is 9.97. The van der Waals surface area contributed by atoms with Crippen molar-refractivity contribution in [3.8, 4) is 5.75 Å². The Kier molecular flexibility index (Phi) is 6.85. The summed E-state index contributed by atoms with van der Waals surface area (Å²) in [6, 6.07) is 9.89. The molecule has 2 aliphatic carbocycles. The molecule has 0 amide bonds. The van der Waals surface area contributed by atoms with Gasteiger partial charge < -0.3 is 14.5 Å². The van der Waals surface area contributed by atoms with Crippen LogP contribution < -0.4 is 10.1 Å². The van der Waals surface area contributed by atoms with Gasteiger partial charge in [0.1, 0.15) is 5.75 Å². The summed E-state index contributed by atoms with van der Waals surface area (Å²) in [6.07, 6.45) is 2.53. The third kappa shape index (κ3) is 4.16. The number of methoxy groups -OCH3 is 1. The Hall–Kier alpha value is -0.553. The maximum atomic E-state index is 6.95. The molecular formula is C23H38ClNO2Si. The Labute approximate surface area is 177 Å². The topological polar surface area (TPSA) is 30.5 Å². The maximum Gasteiger partial charge on any atom is 0.192 e. The summed E-state index contributed by atoms with van der Waals surface area (Å²) in [6.45, 7) is 12.5. The second-order valence-electron chi connectivity index (χ2n) is 9.32. The van der Waals surface area contributed by atoms with Gasteiger partial charge in [0.15, 0.2) is 8.32 Å². The monoisotopic (exact) mass is 423 g/mol. The van der Waals surface area contributed by atoms with E-state index < -0.39 is 8.32 Å². The lowest BCUT2D eigenvalue weighted by Gasteiger charge is -2.35. The van der Waals surface area contributed by atoms with Crippen LogP contribution in [-0.2, 0) is 4.43 Å². The van der Waals surface area contributed by atoms with E-state index in [-0.39, 0.29) is 6.10 Å². The van der Waals surface area contributed by atoms with Gasteiger partial charge in [-0.15, -0.1) is 0 Å². The first-order valence-corrected chi connectivity index (χ1v) is 14.0. The van der Waals surface area contributed by atoms with Crippen LogP contribution in [0.5, 0.6) is 5.75 Å². The number of hydrogen-bond acceptors (Lipinski definition) is 3. The van der Waals surface area contributed by atoms with Gasteiger partial charge in [0, 0.05) is 18.2 Å². The first kappa shape index (κ1) is 22.1. The molecule has 1 aromatic carbocycles. The predicted octanol–water partition coefficient (Wildman–Crippen LogP) is 6.44. The van der Waals surface area contributed by atoms with Crippen molar-refractivity contribution in [1.82, 2.24) is 5.32 Å². The SMILES string of the molecule is CC[Si](CC)(CC)OC(CNC1C[C@@H]2[C@H](C1)C2(C)C)c1c(Cl)cccc1OC. The van der Waals surface area contributed by atoms with Gasteiger partial charge in [-0.2, -0.15) is 0 Å². The van der Waals surface area contributed by atoms with Crippen LogP contribution in [0, 0.1) is 17.3 Å². The van der Waals surface area contributed by atoms with Crippen molar-refractivity contribution in [2.75, 3.05) is 13.7 Å². The van der Waals surface area contributed by atoms with Crippen molar-refractivity contribution in [2.24, 2.45) is 17.3 Å². The minimum atomic E-state index is -1.78. The van der Waals surface area contributed by atoms with Gasteiger partial charge in [-0.05, 0) is 60.4 Å². The van der Waals surface area contributed by atoms with Crippen molar-refractivity contribution >= 4 is 19.9 Å². The van der Waals surface area contributed by atoms with E-state index in [0.29, 0.717) is 11.5 Å². The van der Waals surface area contributed by atoms with Gasteiger partial charge in [-0.25, -0.2) is 0 Å². The lowest BCUT2D eigenvalue weighted by molar-refractivity contribution is 0.175. The average Bonchev–Trinajstić information content (AvgIpc) is 3.02. The molecule has 2 fully saturated rings. The fraction of sp³-hybridized carbons (Fsp3) is 0.739. The van der Waals surface area contributed by atoms with Crippen LogP contribution >= 0.6 is 11.6 Å².